The van der Waals surface area contributed by atoms with Gasteiger partial charge in [0, 0.05) is 9.79 Å². The summed E-state index contributed by atoms with van der Waals surface area (Å²) in [6, 6.07) is 38.1. The molecule has 0 bridgehead atoms. The Morgan fingerprint density at radius 3 is 1.32 bits per heavy atom. The molecule has 0 heterocycles. The highest BCUT2D eigenvalue weighted by atomic mass is 32.2. The summed E-state index contributed by atoms with van der Waals surface area (Å²) in [5, 5.41) is 0. The third-order valence-corrected chi connectivity index (χ3v) is 7.42. The molecule has 0 amide bonds. The van der Waals surface area contributed by atoms with E-state index in [-0.39, 0.29) is 5.82 Å². The minimum Gasteiger partial charge on any atom is -0.207 e. The molecule has 4 rings (SSSR count). The van der Waals surface area contributed by atoms with E-state index in [9.17, 15) is 4.39 Å². The Labute approximate surface area is 173 Å². The lowest BCUT2D eigenvalue weighted by Crippen LogP contribution is -2.19. The predicted molar refractivity (Wildman–Crippen MR) is 118 cm³/mol. The van der Waals surface area contributed by atoms with Crippen LogP contribution in [0.25, 0.3) is 0 Å². The van der Waals surface area contributed by atoms with Gasteiger partial charge in [0.1, 0.15) is 9.90 Å². The molecule has 0 spiro atoms. The van der Waals surface area contributed by atoms with Crippen molar-refractivity contribution in [3.05, 3.63) is 132 Å². The van der Waals surface area contributed by atoms with Gasteiger partial charge in [-0.1, -0.05) is 102 Å². The van der Waals surface area contributed by atoms with E-state index in [1.807, 2.05) is 30.3 Å². The number of hydrogen-bond donors (Lipinski definition) is 0. The number of benzene rings is 4. The smallest absolute Gasteiger partial charge is 0.123 e. The van der Waals surface area contributed by atoms with Crippen LogP contribution < -0.4 is 0 Å². The van der Waals surface area contributed by atoms with E-state index in [1.165, 1.54) is 15.4 Å². The fourth-order valence-corrected chi connectivity index (χ4v) is 6.07. The van der Waals surface area contributed by atoms with Crippen LogP contribution in [0.1, 0.15) is 11.1 Å². The highest BCUT2D eigenvalue weighted by Crippen LogP contribution is 2.57. The van der Waals surface area contributed by atoms with E-state index >= 15 is 0 Å². The number of halogens is 1. The normalized spacial score (nSPS) is 11.3. The van der Waals surface area contributed by atoms with Crippen molar-refractivity contribution in [1.29, 1.82) is 0 Å². The first-order valence-corrected chi connectivity index (χ1v) is 10.7. The second-order valence-corrected chi connectivity index (χ2v) is 9.15. The molecule has 0 N–H and O–H groups in total. The number of hydrogen-bond acceptors (Lipinski definition) is 2. The standard InChI is InChI=1S/C25H19FS2/c26-22-18-16-21(17-19-22)25(20-10-4-1-5-11-20,27-23-12-6-2-7-13-23)28-24-14-8-3-9-15-24/h1-19H. The molecule has 3 heteroatoms. The molecule has 0 atom stereocenters. The molecule has 138 valence electrons. The molecule has 4 aromatic rings. The van der Waals surface area contributed by atoms with Crippen LogP contribution in [0.4, 0.5) is 4.39 Å². The fraction of sp³-hybridized carbons (Fsp3) is 0.0400. The summed E-state index contributed by atoms with van der Waals surface area (Å²) in [6.45, 7) is 0. The lowest BCUT2D eigenvalue weighted by Gasteiger charge is -2.34. The molecule has 0 saturated carbocycles. The largest absolute Gasteiger partial charge is 0.207 e. The molecule has 0 aliphatic rings. The van der Waals surface area contributed by atoms with Crippen molar-refractivity contribution in [3.63, 3.8) is 0 Å². The van der Waals surface area contributed by atoms with Gasteiger partial charge in [0.15, 0.2) is 0 Å². The summed E-state index contributed by atoms with van der Waals surface area (Å²) in [4.78, 5) is 2.33. The maximum absolute atomic E-state index is 13.7. The zero-order chi connectivity index (χ0) is 19.2. The Balaban J connectivity index is 1.91. The topological polar surface area (TPSA) is 0 Å². The van der Waals surface area contributed by atoms with Crippen LogP contribution in [0.15, 0.2) is 125 Å². The lowest BCUT2D eigenvalue weighted by molar-refractivity contribution is 0.627. The molecule has 0 fully saturated rings. The van der Waals surface area contributed by atoms with E-state index in [2.05, 4.69) is 72.8 Å². The van der Waals surface area contributed by atoms with Gasteiger partial charge in [-0.2, -0.15) is 0 Å². The van der Waals surface area contributed by atoms with Gasteiger partial charge in [0.2, 0.25) is 0 Å². The van der Waals surface area contributed by atoms with Crippen molar-refractivity contribution in [2.75, 3.05) is 0 Å². The van der Waals surface area contributed by atoms with Gasteiger partial charge >= 0.3 is 0 Å². The van der Waals surface area contributed by atoms with Gasteiger partial charge < -0.3 is 0 Å². The molecule has 28 heavy (non-hydrogen) atoms. The molecule has 0 radical (unpaired) electrons. The molecule has 0 aliphatic carbocycles. The van der Waals surface area contributed by atoms with Gasteiger partial charge in [-0.05, 0) is 47.5 Å². The summed E-state index contributed by atoms with van der Waals surface area (Å²) in [6.07, 6.45) is 0. The molecular formula is C25H19FS2. The van der Waals surface area contributed by atoms with Crippen molar-refractivity contribution >= 4 is 23.5 Å². The van der Waals surface area contributed by atoms with Gasteiger partial charge in [-0.15, -0.1) is 0 Å². The van der Waals surface area contributed by atoms with Crippen molar-refractivity contribution in [2.45, 2.75) is 13.9 Å². The summed E-state index contributed by atoms with van der Waals surface area (Å²) < 4.78 is 13.3. The molecular weight excluding hydrogens is 383 g/mol. The minimum atomic E-state index is -0.447. The Morgan fingerprint density at radius 2 is 0.857 bits per heavy atom. The zero-order valence-electron chi connectivity index (χ0n) is 15.2. The summed E-state index contributed by atoms with van der Waals surface area (Å²) in [5.41, 5.74) is 2.23. The Morgan fingerprint density at radius 1 is 0.464 bits per heavy atom. The zero-order valence-corrected chi connectivity index (χ0v) is 16.8. The number of thioether (sulfide) groups is 2. The first-order chi connectivity index (χ1) is 13.8. The lowest BCUT2D eigenvalue weighted by atomic mass is 10.0. The molecule has 0 aromatic heterocycles. The van der Waals surface area contributed by atoms with E-state index in [0.717, 1.165) is 5.56 Å². The van der Waals surface area contributed by atoms with Crippen LogP contribution in [0.2, 0.25) is 0 Å². The van der Waals surface area contributed by atoms with Crippen molar-refractivity contribution < 1.29 is 4.39 Å². The Bertz CT molecular complexity index is 959. The second kappa shape index (κ2) is 8.68. The predicted octanol–water partition coefficient (Wildman–Crippen LogP) is 7.61. The van der Waals surface area contributed by atoms with Crippen LogP contribution in [-0.4, -0.2) is 0 Å². The maximum atomic E-state index is 13.7. The van der Waals surface area contributed by atoms with Crippen molar-refractivity contribution in [2.24, 2.45) is 0 Å². The monoisotopic (exact) mass is 402 g/mol. The van der Waals surface area contributed by atoms with Gasteiger partial charge in [-0.25, -0.2) is 4.39 Å². The molecule has 0 aliphatic heterocycles. The molecule has 4 aromatic carbocycles. The van der Waals surface area contributed by atoms with Crippen molar-refractivity contribution in [3.8, 4) is 0 Å². The SMILES string of the molecule is Fc1ccc(C(Sc2ccccc2)(Sc2ccccc2)c2ccccc2)cc1. The van der Waals surface area contributed by atoms with Gasteiger partial charge in [-0.3, -0.25) is 0 Å². The average molecular weight is 403 g/mol. The van der Waals surface area contributed by atoms with E-state index < -0.39 is 4.08 Å². The molecule has 0 unspecified atom stereocenters. The summed E-state index contributed by atoms with van der Waals surface area (Å²) in [7, 11) is 0. The van der Waals surface area contributed by atoms with Crippen molar-refractivity contribution in [1.82, 2.24) is 0 Å². The average Bonchev–Trinajstić information content (AvgIpc) is 2.76. The first-order valence-electron chi connectivity index (χ1n) is 9.06. The Kier molecular flexibility index (Phi) is 5.84. The fourth-order valence-electron chi connectivity index (χ4n) is 3.06. The molecule has 0 nitrogen and oxygen atoms in total. The maximum Gasteiger partial charge on any atom is 0.123 e. The minimum absolute atomic E-state index is 0.222. The second-order valence-electron chi connectivity index (χ2n) is 6.32. The summed E-state index contributed by atoms with van der Waals surface area (Å²) in [5.74, 6) is -0.222. The van der Waals surface area contributed by atoms with E-state index in [4.69, 9.17) is 0 Å². The summed E-state index contributed by atoms with van der Waals surface area (Å²) >= 11 is 3.57. The van der Waals surface area contributed by atoms with Crippen LogP contribution in [0, 0.1) is 5.82 Å². The highest BCUT2D eigenvalue weighted by molar-refractivity contribution is 8.17. The Hall–Kier alpha value is -2.49. The third-order valence-electron chi connectivity index (χ3n) is 4.39. The number of rotatable bonds is 6. The van der Waals surface area contributed by atoms with Crippen LogP contribution >= 0.6 is 23.5 Å². The molecule has 0 saturated heterocycles. The van der Waals surface area contributed by atoms with Crippen LogP contribution in [0.5, 0.6) is 0 Å². The van der Waals surface area contributed by atoms with Gasteiger partial charge in [0.05, 0.1) is 0 Å². The third kappa shape index (κ3) is 4.16. The van der Waals surface area contributed by atoms with Crippen LogP contribution in [-0.2, 0) is 4.08 Å². The van der Waals surface area contributed by atoms with Gasteiger partial charge in [0.25, 0.3) is 0 Å². The van der Waals surface area contributed by atoms with E-state index in [1.54, 1.807) is 35.7 Å². The quantitative estimate of drug-likeness (QED) is 0.240. The highest BCUT2D eigenvalue weighted by Gasteiger charge is 2.37. The first kappa shape index (κ1) is 18.9. The van der Waals surface area contributed by atoms with Crippen LogP contribution in [0.3, 0.4) is 0 Å². The van der Waals surface area contributed by atoms with E-state index in [0.29, 0.717) is 0 Å².